The third-order valence-corrected chi connectivity index (χ3v) is 9.97. The first-order chi connectivity index (χ1) is 21.1. The summed E-state index contributed by atoms with van der Waals surface area (Å²) in [5.74, 6) is -0.0980. The molecule has 2 saturated carbocycles. The smallest absolute Gasteiger partial charge is 0.166 e. The highest BCUT2D eigenvalue weighted by Gasteiger charge is 2.21. The average Bonchev–Trinajstić information content (AvgIpc) is 3.04. The van der Waals surface area contributed by atoms with Gasteiger partial charge in [-0.15, -0.1) is 0 Å². The first kappa shape index (κ1) is 32.0. The fourth-order valence-corrected chi connectivity index (χ4v) is 6.79. The van der Waals surface area contributed by atoms with Gasteiger partial charge in [0.15, 0.2) is 23.3 Å². The van der Waals surface area contributed by atoms with Crippen LogP contribution in [0.1, 0.15) is 102 Å². The molecule has 0 nitrogen and oxygen atoms in total. The number of hydrogen-bond donors (Lipinski definition) is 0. The van der Waals surface area contributed by atoms with Gasteiger partial charge in [-0.1, -0.05) is 112 Å². The Morgan fingerprint density at radius 2 is 0.750 bits per heavy atom. The molecule has 44 heavy (non-hydrogen) atoms. The highest BCUT2D eigenvalue weighted by Crippen LogP contribution is 2.38. The summed E-state index contributed by atoms with van der Waals surface area (Å²) in [4.78, 5) is 0. The van der Waals surface area contributed by atoms with E-state index in [-0.39, 0.29) is 2.85 Å². The van der Waals surface area contributed by atoms with Crippen molar-refractivity contribution >= 4 is 0 Å². The fraction of sp³-hybridized carbons (Fsp3) is 0.400. The number of hydrogen-bond acceptors (Lipinski definition) is 0. The molecule has 0 atom stereocenters. The molecule has 2 aliphatic carbocycles. The van der Waals surface area contributed by atoms with Crippen molar-refractivity contribution in [2.24, 2.45) is 11.8 Å². The topological polar surface area (TPSA) is 0 Å². The van der Waals surface area contributed by atoms with Crippen LogP contribution in [0.4, 0.5) is 17.6 Å². The van der Waals surface area contributed by atoms with Gasteiger partial charge in [0.2, 0.25) is 0 Å². The van der Waals surface area contributed by atoms with Gasteiger partial charge in [0, 0.05) is 14.0 Å². The zero-order chi connectivity index (χ0) is 31.4. The Bertz CT molecular complexity index is 1430. The largest absolute Gasteiger partial charge is 0.203 e. The summed E-state index contributed by atoms with van der Waals surface area (Å²) >= 11 is 0. The van der Waals surface area contributed by atoms with Crippen LogP contribution in [0, 0.1) is 49.0 Å². The molecule has 4 aromatic carbocycles. The number of benzene rings is 4. The molecule has 0 unspecified atom stereocenters. The van der Waals surface area contributed by atoms with Crippen LogP contribution in [0.25, 0.3) is 22.3 Å². The lowest BCUT2D eigenvalue weighted by Gasteiger charge is -2.26. The molecule has 236 valence electrons. The molecule has 0 amide bonds. The van der Waals surface area contributed by atoms with Crippen molar-refractivity contribution in [1.29, 1.82) is 0 Å². The van der Waals surface area contributed by atoms with Gasteiger partial charge in [0.25, 0.3) is 0 Å². The second-order valence-electron chi connectivity index (χ2n) is 13.3. The normalized spacial score (nSPS) is 21.8. The second-order valence-corrected chi connectivity index (χ2v) is 13.3. The van der Waals surface area contributed by atoms with Crippen molar-refractivity contribution in [2.75, 3.05) is 0 Å². The van der Waals surface area contributed by atoms with Crippen LogP contribution < -0.4 is 0 Å². The van der Waals surface area contributed by atoms with Gasteiger partial charge in [-0.2, -0.15) is 0 Å². The van der Waals surface area contributed by atoms with Crippen LogP contribution in [-0.4, -0.2) is 0 Å². The average molecular weight is 605 g/mol. The summed E-state index contributed by atoms with van der Waals surface area (Å²) in [6.45, 7) is 7.78. The van der Waals surface area contributed by atoms with Crippen molar-refractivity contribution in [2.45, 2.75) is 90.9 Å². The van der Waals surface area contributed by atoms with Crippen molar-refractivity contribution in [1.82, 2.24) is 0 Å². The Morgan fingerprint density at radius 1 is 0.432 bits per heavy atom. The zero-order valence-corrected chi connectivity index (χ0v) is 26.4. The number of halogens is 4. The van der Waals surface area contributed by atoms with Crippen molar-refractivity contribution in [3.63, 3.8) is 0 Å². The molecule has 0 saturated heterocycles. The molecule has 0 aliphatic heterocycles. The highest BCUT2D eigenvalue weighted by molar-refractivity contribution is 5.66. The second kappa shape index (κ2) is 14.1. The van der Waals surface area contributed by atoms with E-state index in [4.69, 9.17) is 0 Å². The molecule has 2 fully saturated rings. The molecule has 0 aromatic heterocycles. The van der Waals surface area contributed by atoms with Crippen LogP contribution in [0.15, 0.2) is 72.8 Å². The van der Waals surface area contributed by atoms with E-state index in [0.29, 0.717) is 34.1 Å². The maximum atomic E-state index is 14.1. The minimum atomic E-state index is -0.751. The SMILES string of the molecule is Cc1ccc(-c2ccc(C3CCC(C)CC3)cc2)c(F)c1F.Cc1ccc(-c2ccc(C3CCC(C)CC3)cc2)c(F)c1F.[HH].[HH]. The monoisotopic (exact) mass is 604 g/mol. The Hall–Kier alpha value is -3.40. The van der Waals surface area contributed by atoms with Crippen molar-refractivity contribution < 1.29 is 20.4 Å². The van der Waals surface area contributed by atoms with Gasteiger partial charge in [-0.3, -0.25) is 0 Å². The first-order valence-electron chi connectivity index (χ1n) is 16.2. The summed E-state index contributed by atoms with van der Waals surface area (Å²) in [5, 5.41) is 0. The van der Waals surface area contributed by atoms with E-state index in [9.17, 15) is 17.6 Å². The zero-order valence-electron chi connectivity index (χ0n) is 26.4. The summed E-state index contributed by atoms with van der Waals surface area (Å²) in [5.41, 5.74) is 5.49. The lowest BCUT2D eigenvalue weighted by Crippen LogP contribution is -2.10. The van der Waals surface area contributed by atoms with E-state index in [1.54, 1.807) is 38.1 Å². The number of aryl methyl sites for hydroxylation is 2. The maximum Gasteiger partial charge on any atom is 0.166 e. The molecule has 0 N–H and O–H groups in total. The van der Waals surface area contributed by atoms with E-state index in [1.165, 1.54) is 62.5 Å². The predicted molar refractivity (Wildman–Crippen MR) is 178 cm³/mol. The van der Waals surface area contributed by atoms with Gasteiger partial charge in [0.1, 0.15) is 0 Å². The van der Waals surface area contributed by atoms with Gasteiger partial charge in [-0.05, 0) is 96.6 Å². The summed E-state index contributed by atoms with van der Waals surface area (Å²) in [6.07, 6.45) is 10.0. The van der Waals surface area contributed by atoms with E-state index in [1.807, 2.05) is 24.3 Å². The van der Waals surface area contributed by atoms with Crippen LogP contribution in [0.2, 0.25) is 0 Å². The predicted octanol–water partition coefficient (Wildman–Crippen LogP) is 13.0. The quantitative estimate of drug-likeness (QED) is 0.203. The highest BCUT2D eigenvalue weighted by atomic mass is 19.2. The molecular weight excluding hydrogens is 556 g/mol. The summed E-state index contributed by atoms with van der Waals surface area (Å²) < 4.78 is 55.6. The Morgan fingerprint density at radius 3 is 1.07 bits per heavy atom. The molecule has 0 radical (unpaired) electrons. The van der Waals surface area contributed by atoms with Gasteiger partial charge < -0.3 is 0 Å². The van der Waals surface area contributed by atoms with Gasteiger partial charge >= 0.3 is 0 Å². The molecule has 6 rings (SSSR count). The lowest BCUT2D eigenvalue weighted by molar-refractivity contribution is 0.348. The Kier molecular flexibility index (Phi) is 10.3. The van der Waals surface area contributed by atoms with Crippen LogP contribution >= 0.6 is 0 Å². The van der Waals surface area contributed by atoms with E-state index >= 15 is 0 Å². The summed E-state index contributed by atoms with van der Waals surface area (Å²) in [6, 6.07) is 22.5. The summed E-state index contributed by atoms with van der Waals surface area (Å²) in [7, 11) is 0. The van der Waals surface area contributed by atoms with Crippen LogP contribution in [-0.2, 0) is 0 Å². The molecule has 4 aromatic rings. The Balaban J connectivity index is 0.000000240. The van der Waals surface area contributed by atoms with Gasteiger partial charge in [-0.25, -0.2) is 17.6 Å². The fourth-order valence-electron chi connectivity index (χ4n) is 6.79. The molecule has 0 heterocycles. The minimum Gasteiger partial charge on any atom is -0.203 e. The van der Waals surface area contributed by atoms with Gasteiger partial charge in [0.05, 0.1) is 0 Å². The lowest BCUT2D eigenvalue weighted by atomic mass is 9.79. The van der Waals surface area contributed by atoms with Crippen LogP contribution in [0.5, 0.6) is 0 Å². The molecule has 0 spiro atoms. The maximum absolute atomic E-state index is 14.1. The van der Waals surface area contributed by atoms with E-state index < -0.39 is 23.3 Å². The third kappa shape index (κ3) is 7.28. The molecule has 2 aliphatic rings. The molecule has 4 heteroatoms. The van der Waals surface area contributed by atoms with Crippen molar-refractivity contribution in [3.05, 3.63) is 118 Å². The first-order valence-corrected chi connectivity index (χ1v) is 16.2. The molecular formula is C40H48F4. The standard InChI is InChI=1S/2C20H22F2.2H2/c2*1-13-3-6-15(7-4-13)16-8-10-17(11-9-16)18-12-5-14(2)19(21)20(18)22;;/h2*5,8-13,15H,3-4,6-7H2,1-2H3;2*1H. The number of rotatable bonds is 4. The van der Waals surface area contributed by atoms with Crippen molar-refractivity contribution in [3.8, 4) is 22.3 Å². The molecule has 0 bridgehead atoms. The minimum absolute atomic E-state index is 0. The van der Waals surface area contributed by atoms with Crippen LogP contribution in [0.3, 0.4) is 0 Å². The van der Waals surface area contributed by atoms with E-state index in [2.05, 4.69) is 38.1 Å². The Labute approximate surface area is 263 Å². The van der Waals surface area contributed by atoms with E-state index in [0.717, 1.165) is 23.0 Å². The third-order valence-electron chi connectivity index (χ3n) is 9.97.